The summed E-state index contributed by atoms with van der Waals surface area (Å²) in [5.41, 5.74) is 0.409. The summed E-state index contributed by atoms with van der Waals surface area (Å²) < 4.78 is 14.2. The van der Waals surface area contributed by atoms with Crippen LogP contribution in [0.1, 0.15) is 6.42 Å². The predicted octanol–water partition coefficient (Wildman–Crippen LogP) is 1.69. The number of imide groups is 1. The van der Waals surface area contributed by atoms with Crippen molar-refractivity contribution < 1.29 is 14.0 Å². The van der Waals surface area contributed by atoms with E-state index in [1.54, 1.807) is 24.1 Å². The highest BCUT2D eigenvalue weighted by Gasteiger charge is 2.09. The zero-order valence-electron chi connectivity index (χ0n) is 9.24. The van der Waals surface area contributed by atoms with Crippen molar-refractivity contribution in [2.45, 2.75) is 6.42 Å². The number of hydrogen-bond donors (Lipinski definition) is 1. The SMILES string of the molecule is CN(CCC(=O)NC=O)c1ccc(Br)cc1F. The third-order valence-electron chi connectivity index (χ3n) is 2.22. The number of nitrogens with zero attached hydrogens (tertiary/aromatic N) is 1. The Morgan fingerprint density at radius 3 is 2.88 bits per heavy atom. The van der Waals surface area contributed by atoms with Gasteiger partial charge in [0.2, 0.25) is 12.3 Å². The third kappa shape index (κ3) is 4.14. The summed E-state index contributed by atoms with van der Waals surface area (Å²) in [6.45, 7) is 0.332. The van der Waals surface area contributed by atoms with Crippen molar-refractivity contribution in [3.05, 3.63) is 28.5 Å². The zero-order chi connectivity index (χ0) is 12.8. The standard InChI is InChI=1S/C11H12BrFN2O2/c1-15(5-4-11(17)14-7-16)10-3-2-8(12)6-9(10)13/h2-3,6-7H,4-5H2,1H3,(H,14,16,17). The molecule has 0 saturated heterocycles. The van der Waals surface area contributed by atoms with Crippen molar-refractivity contribution in [1.82, 2.24) is 5.32 Å². The maximum absolute atomic E-state index is 13.5. The summed E-state index contributed by atoms with van der Waals surface area (Å²) >= 11 is 3.17. The number of nitrogens with one attached hydrogen (secondary N) is 1. The first-order valence-electron chi connectivity index (χ1n) is 4.94. The lowest BCUT2D eigenvalue weighted by Crippen LogP contribution is -2.28. The average molecular weight is 303 g/mol. The molecule has 0 saturated carbocycles. The Balaban J connectivity index is 2.60. The molecule has 0 fully saturated rings. The molecule has 6 heteroatoms. The number of amides is 2. The average Bonchev–Trinajstić information content (AvgIpc) is 2.26. The molecule has 92 valence electrons. The molecule has 0 aliphatic rings. The number of rotatable bonds is 5. The highest BCUT2D eigenvalue weighted by atomic mass is 79.9. The molecule has 1 rings (SSSR count). The van der Waals surface area contributed by atoms with Crippen LogP contribution >= 0.6 is 15.9 Å². The molecule has 1 aromatic rings. The molecule has 0 unspecified atom stereocenters. The van der Waals surface area contributed by atoms with Gasteiger partial charge < -0.3 is 4.90 Å². The Bertz CT molecular complexity index is 426. The van der Waals surface area contributed by atoms with Crippen molar-refractivity contribution >= 4 is 33.9 Å². The van der Waals surface area contributed by atoms with E-state index in [0.29, 0.717) is 23.1 Å². The molecule has 0 spiro atoms. The Kier molecular flexibility index (Phi) is 5.09. The first-order chi connectivity index (χ1) is 8.04. The monoisotopic (exact) mass is 302 g/mol. The number of anilines is 1. The van der Waals surface area contributed by atoms with Crippen molar-refractivity contribution in [2.75, 3.05) is 18.5 Å². The van der Waals surface area contributed by atoms with Crippen molar-refractivity contribution in [2.24, 2.45) is 0 Å². The fourth-order valence-electron chi connectivity index (χ4n) is 1.32. The number of halogens is 2. The first kappa shape index (κ1) is 13.6. The minimum atomic E-state index is -0.385. The van der Waals surface area contributed by atoms with E-state index in [0.717, 1.165) is 0 Å². The Hall–Kier alpha value is -1.43. The van der Waals surface area contributed by atoms with E-state index in [2.05, 4.69) is 15.9 Å². The lowest BCUT2D eigenvalue weighted by Gasteiger charge is -2.19. The maximum atomic E-state index is 13.5. The van der Waals surface area contributed by atoms with Gasteiger partial charge in [-0.05, 0) is 18.2 Å². The van der Waals surface area contributed by atoms with E-state index < -0.39 is 0 Å². The van der Waals surface area contributed by atoms with E-state index in [-0.39, 0.29) is 18.1 Å². The first-order valence-corrected chi connectivity index (χ1v) is 5.73. The topological polar surface area (TPSA) is 49.4 Å². The molecule has 4 nitrogen and oxygen atoms in total. The maximum Gasteiger partial charge on any atom is 0.228 e. The van der Waals surface area contributed by atoms with Gasteiger partial charge in [0, 0.05) is 24.5 Å². The molecule has 0 aliphatic heterocycles. The predicted molar refractivity (Wildman–Crippen MR) is 66.2 cm³/mol. The van der Waals surface area contributed by atoms with E-state index in [9.17, 15) is 14.0 Å². The molecule has 0 aromatic heterocycles. The number of benzene rings is 1. The summed E-state index contributed by atoms with van der Waals surface area (Å²) in [5.74, 6) is -0.748. The van der Waals surface area contributed by atoms with Crippen molar-refractivity contribution in [1.29, 1.82) is 0 Å². The van der Waals surface area contributed by atoms with E-state index >= 15 is 0 Å². The van der Waals surface area contributed by atoms with Gasteiger partial charge in [0.15, 0.2) is 0 Å². The zero-order valence-corrected chi connectivity index (χ0v) is 10.8. The molecular weight excluding hydrogens is 291 g/mol. The van der Waals surface area contributed by atoms with E-state index in [1.165, 1.54) is 6.07 Å². The molecule has 1 aromatic carbocycles. The molecule has 1 N–H and O–H groups in total. The van der Waals surface area contributed by atoms with Gasteiger partial charge in [0.25, 0.3) is 0 Å². The number of carbonyl (C=O) groups is 2. The van der Waals surface area contributed by atoms with Crippen LogP contribution in [-0.2, 0) is 9.59 Å². The molecule has 0 bridgehead atoms. The second-order valence-electron chi connectivity index (χ2n) is 3.45. The normalized spacial score (nSPS) is 9.82. The quantitative estimate of drug-likeness (QED) is 0.842. The van der Waals surface area contributed by atoms with Crippen molar-refractivity contribution in [3.8, 4) is 0 Å². The fraction of sp³-hybridized carbons (Fsp3) is 0.273. The third-order valence-corrected chi connectivity index (χ3v) is 2.71. The summed E-state index contributed by atoms with van der Waals surface area (Å²) in [5, 5.41) is 2.03. The van der Waals surface area contributed by atoms with Gasteiger partial charge in [0.1, 0.15) is 5.82 Å². The van der Waals surface area contributed by atoms with Gasteiger partial charge in [-0.15, -0.1) is 0 Å². The summed E-state index contributed by atoms with van der Waals surface area (Å²) in [7, 11) is 1.68. The van der Waals surface area contributed by atoms with Crippen molar-refractivity contribution in [3.63, 3.8) is 0 Å². The number of carbonyl (C=O) groups excluding carboxylic acids is 2. The summed E-state index contributed by atoms with van der Waals surface area (Å²) in [4.78, 5) is 22.7. The van der Waals surface area contributed by atoms with E-state index in [1.807, 2.05) is 5.32 Å². The molecule has 0 radical (unpaired) electrons. The summed E-state index contributed by atoms with van der Waals surface area (Å²) in [6, 6.07) is 4.70. The highest BCUT2D eigenvalue weighted by Crippen LogP contribution is 2.22. The van der Waals surface area contributed by atoms with Gasteiger partial charge in [-0.1, -0.05) is 15.9 Å². The Morgan fingerprint density at radius 2 is 2.29 bits per heavy atom. The second kappa shape index (κ2) is 6.34. The molecule has 0 atom stereocenters. The van der Waals surface area contributed by atoms with Gasteiger partial charge in [-0.25, -0.2) is 4.39 Å². The van der Waals surface area contributed by atoms with Crippen LogP contribution < -0.4 is 10.2 Å². The van der Waals surface area contributed by atoms with Gasteiger partial charge >= 0.3 is 0 Å². The van der Waals surface area contributed by atoms with Gasteiger partial charge in [0.05, 0.1) is 5.69 Å². The van der Waals surface area contributed by atoms with Crippen LogP contribution in [0.2, 0.25) is 0 Å². The lowest BCUT2D eigenvalue weighted by molar-refractivity contribution is -0.125. The highest BCUT2D eigenvalue weighted by molar-refractivity contribution is 9.10. The largest absolute Gasteiger partial charge is 0.372 e. The lowest BCUT2D eigenvalue weighted by atomic mass is 10.2. The molecule has 0 heterocycles. The fourth-order valence-corrected chi connectivity index (χ4v) is 1.65. The Morgan fingerprint density at radius 1 is 1.59 bits per heavy atom. The van der Waals surface area contributed by atoms with Crippen LogP contribution in [0.3, 0.4) is 0 Å². The van der Waals surface area contributed by atoms with Crippen LogP contribution in [0.4, 0.5) is 10.1 Å². The minimum Gasteiger partial charge on any atom is -0.372 e. The smallest absolute Gasteiger partial charge is 0.228 e. The molecule has 17 heavy (non-hydrogen) atoms. The molecule has 0 aliphatic carbocycles. The molecule has 2 amide bonds. The van der Waals surface area contributed by atoms with E-state index in [4.69, 9.17) is 0 Å². The van der Waals surface area contributed by atoms with Gasteiger partial charge in [-0.3, -0.25) is 14.9 Å². The van der Waals surface area contributed by atoms with Crippen LogP contribution in [0.15, 0.2) is 22.7 Å². The number of hydrogen-bond acceptors (Lipinski definition) is 3. The minimum absolute atomic E-state index is 0.130. The van der Waals surface area contributed by atoms with Gasteiger partial charge in [-0.2, -0.15) is 0 Å². The second-order valence-corrected chi connectivity index (χ2v) is 4.37. The Labute approximate surface area is 107 Å². The van der Waals surface area contributed by atoms with Crippen LogP contribution in [-0.4, -0.2) is 25.9 Å². The van der Waals surface area contributed by atoms with Crippen LogP contribution in [0, 0.1) is 5.82 Å². The van der Waals surface area contributed by atoms with Crippen LogP contribution in [0.5, 0.6) is 0 Å². The van der Waals surface area contributed by atoms with Crippen LogP contribution in [0.25, 0.3) is 0 Å². The molecular formula is C11H12BrFN2O2. The summed E-state index contributed by atoms with van der Waals surface area (Å²) in [6.07, 6.45) is 0.466.